The summed E-state index contributed by atoms with van der Waals surface area (Å²) in [7, 11) is 0. The van der Waals surface area contributed by atoms with Crippen LogP contribution in [0.5, 0.6) is 0 Å². The van der Waals surface area contributed by atoms with Crippen molar-refractivity contribution in [1.82, 2.24) is 25.7 Å². The first kappa shape index (κ1) is 16.1. The van der Waals surface area contributed by atoms with Gasteiger partial charge in [0.25, 0.3) is 0 Å². The van der Waals surface area contributed by atoms with Crippen molar-refractivity contribution in [2.45, 2.75) is 0 Å². The van der Waals surface area contributed by atoms with Gasteiger partial charge in [0.15, 0.2) is 24.5 Å². The molecule has 0 atom stereocenters. The predicted molar refractivity (Wildman–Crippen MR) is 74.8 cm³/mol. The van der Waals surface area contributed by atoms with Crippen molar-refractivity contribution in [3.05, 3.63) is 42.4 Å². The molecular formula is C14H8KN5O3. The number of benzene rings is 1. The van der Waals surface area contributed by atoms with Gasteiger partial charge in [0.1, 0.15) is 5.69 Å². The molecule has 1 aromatic carbocycles. The Labute approximate surface area is 173 Å². The van der Waals surface area contributed by atoms with Crippen LogP contribution in [-0.2, 0) is 0 Å². The van der Waals surface area contributed by atoms with Crippen LogP contribution in [0.4, 0.5) is 0 Å². The summed E-state index contributed by atoms with van der Waals surface area (Å²) in [5.41, 5.74) is 3.34. The Kier molecular flexibility index (Phi) is 4.73. The van der Waals surface area contributed by atoms with Crippen LogP contribution in [0.25, 0.3) is 33.5 Å². The molecule has 0 saturated heterocycles. The molecule has 8 nitrogen and oxygen atoms in total. The van der Waals surface area contributed by atoms with Crippen molar-refractivity contribution < 1.29 is 66.7 Å². The van der Waals surface area contributed by atoms with E-state index in [4.69, 9.17) is 9.05 Å². The van der Waals surface area contributed by atoms with E-state index in [0.29, 0.717) is 39.1 Å². The standard InChI is InChI=1S/C14H7N5O3.K.H/c20-5-8-2-1-3-10-14(8)9(12-6-21-18-16-12)4-11(15-10)13-7-22-19-17-13;;/h1-7H;;/q;+1;-1. The quantitative estimate of drug-likeness (QED) is 0.356. The van der Waals surface area contributed by atoms with Gasteiger partial charge in [-0.3, -0.25) is 4.79 Å². The Balaban J connectivity index is 0.00000104. The third kappa shape index (κ3) is 2.89. The number of pyridine rings is 1. The van der Waals surface area contributed by atoms with E-state index >= 15 is 0 Å². The third-order valence-corrected chi connectivity index (χ3v) is 3.25. The van der Waals surface area contributed by atoms with Crippen molar-refractivity contribution in [1.29, 1.82) is 0 Å². The van der Waals surface area contributed by atoms with Crippen molar-refractivity contribution in [3.8, 4) is 22.6 Å². The second-order valence-electron chi connectivity index (χ2n) is 4.49. The fourth-order valence-corrected chi connectivity index (χ4v) is 2.30. The van der Waals surface area contributed by atoms with Crippen molar-refractivity contribution in [2.75, 3.05) is 0 Å². The minimum atomic E-state index is 0. The second-order valence-corrected chi connectivity index (χ2v) is 4.49. The summed E-state index contributed by atoms with van der Waals surface area (Å²) in [6.45, 7) is 0. The molecule has 0 unspecified atom stereocenters. The molecule has 4 aromatic rings. The fourth-order valence-electron chi connectivity index (χ4n) is 2.30. The molecular weight excluding hydrogens is 325 g/mol. The molecule has 0 aliphatic carbocycles. The van der Waals surface area contributed by atoms with E-state index in [1.54, 1.807) is 24.3 Å². The number of carbonyl (C=O) groups is 1. The van der Waals surface area contributed by atoms with Gasteiger partial charge in [0.05, 0.1) is 11.2 Å². The van der Waals surface area contributed by atoms with Crippen LogP contribution in [0, 0.1) is 0 Å². The van der Waals surface area contributed by atoms with Crippen LogP contribution in [-0.4, -0.2) is 32.0 Å². The molecule has 3 heterocycles. The minimum Gasteiger partial charge on any atom is -1.00 e. The third-order valence-electron chi connectivity index (χ3n) is 3.25. The average molecular weight is 333 g/mol. The second kappa shape index (κ2) is 6.77. The number of rotatable bonds is 3. The number of aldehydes is 1. The van der Waals surface area contributed by atoms with Crippen LogP contribution in [0.2, 0.25) is 0 Å². The van der Waals surface area contributed by atoms with Crippen LogP contribution in [0.15, 0.2) is 45.8 Å². The van der Waals surface area contributed by atoms with Crippen molar-refractivity contribution >= 4 is 17.2 Å². The SMILES string of the molecule is O=Cc1cccc2nc(-c3conn3)cc(-c3conn3)c12.[H-].[K+]. The molecule has 9 heteroatoms. The van der Waals surface area contributed by atoms with Gasteiger partial charge in [0, 0.05) is 27.1 Å². The molecule has 0 aliphatic heterocycles. The monoisotopic (exact) mass is 333 g/mol. The van der Waals surface area contributed by atoms with Gasteiger partial charge in [-0.2, -0.15) is 0 Å². The number of nitrogens with zero attached hydrogens (tertiary/aromatic N) is 5. The van der Waals surface area contributed by atoms with Gasteiger partial charge < -0.3 is 10.5 Å². The molecule has 3 aromatic heterocycles. The minimum absolute atomic E-state index is 0. The van der Waals surface area contributed by atoms with E-state index in [1.807, 2.05) is 0 Å². The van der Waals surface area contributed by atoms with Gasteiger partial charge in [-0.15, -0.1) is 10.2 Å². The maximum absolute atomic E-state index is 11.3. The Hall–Kier alpha value is -1.78. The zero-order valence-corrected chi connectivity index (χ0v) is 15.1. The molecule has 0 fully saturated rings. The molecule has 0 aliphatic rings. The number of aromatic nitrogens is 5. The summed E-state index contributed by atoms with van der Waals surface area (Å²) >= 11 is 0. The molecule has 0 saturated carbocycles. The largest absolute Gasteiger partial charge is 1.00 e. The summed E-state index contributed by atoms with van der Waals surface area (Å²) in [4.78, 5) is 15.8. The van der Waals surface area contributed by atoms with Gasteiger partial charge in [-0.1, -0.05) is 12.1 Å². The number of hydrogen-bond acceptors (Lipinski definition) is 8. The first-order chi connectivity index (χ1) is 10.9. The Morgan fingerprint density at radius 2 is 1.74 bits per heavy atom. The van der Waals surface area contributed by atoms with E-state index in [0.717, 1.165) is 6.29 Å². The first-order valence-electron chi connectivity index (χ1n) is 6.30. The zero-order valence-electron chi connectivity index (χ0n) is 13.0. The van der Waals surface area contributed by atoms with Crippen LogP contribution in [0.1, 0.15) is 11.8 Å². The zero-order chi connectivity index (χ0) is 14.9. The summed E-state index contributed by atoms with van der Waals surface area (Å²) in [5.74, 6) is 0. The van der Waals surface area contributed by atoms with E-state index in [2.05, 4.69) is 25.7 Å². The first-order valence-corrected chi connectivity index (χ1v) is 6.30. The van der Waals surface area contributed by atoms with Gasteiger partial charge in [-0.25, -0.2) is 4.98 Å². The molecule has 4 rings (SSSR count). The van der Waals surface area contributed by atoms with Gasteiger partial charge in [-0.05, 0) is 12.1 Å². The molecule has 0 amide bonds. The smallest absolute Gasteiger partial charge is 1.00 e. The Morgan fingerprint density at radius 1 is 1.00 bits per heavy atom. The molecule has 0 bridgehead atoms. The molecule has 108 valence electrons. The molecule has 0 spiro atoms. The van der Waals surface area contributed by atoms with E-state index in [1.165, 1.54) is 12.5 Å². The Morgan fingerprint density at radius 3 is 2.39 bits per heavy atom. The summed E-state index contributed by atoms with van der Waals surface area (Å²) in [6.07, 6.45) is 3.57. The van der Waals surface area contributed by atoms with E-state index in [-0.39, 0.29) is 52.8 Å². The number of hydrogen-bond donors (Lipinski definition) is 0. The van der Waals surface area contributed by atoms with Crippen LogP contribution < -0.4 is 51.4 Å². The van der Waals surface area contributed by atoms with Gasteiger partial charge in [0.2, 0.25) is 0 Å². The van der Waals surface area contributed by atoms with E-state index < -0.39 is 0 Å². The molecule has 23 heavy (non-hydrogen) atoms. The molecule has 0 radical (unpaired) electrons. The predicted octanol–water partition coefficient (Wildman–Crippen LogP) is -0.736. The van der Waals surface area contributed by atoms with E-state index in [9.17, 15) is 4.79 Å². The number of fused-ring (bicyclic) bond motifs is 1. The Bertz CT molecular complexity index is 960. The van der Waals surface area contributed by atoms with Crippen LogP contribution in [0.3, 0.4) is 0 Å². The maximum Gasteiger partial charge on any atom is 1.00 e. The average Bonchev–Trinajstić information content (AvgIpc) is 3.26. The molecule has 0 N–H and O–H groups in total. The van der Waals surface area contributed by atoms with Crippen LogP contribution >= 0.6 is 0 Å². The van der Waals surface area contributed by atoms with Crippen molar-refractivity contribution in [3.63, 3.8) is 0 Å². The number of carbonyl (C=O) groups excluding carboxylic acids is 1. The fraction of sp³-hybridized carbons (Fsp3) is 0. The normalized spacial score (nSPS) is 10.4. The van der Waals surface area contributed by atoms with Gasteiger partial charge >= 0.3 is 51.4 Å². The summed E-state index contributed by atoms with van der Waals surface area (Å²) in [5, 5.41) is 15.3. The summed E-state index contributed by atoms with van der Waals surface area (Å²) < 4.78 is 9.56. The topological polar surface area (TPSA) is 108 Å². The summed E-state index contributed by atoms with van der Waals surface area (Å²) in [6, 6.07) is 7.02. The van der Waals surface area contributed by atoms with Crippen molar-refractivity contribution in [2.24, 2.45) is 0 Å². The maximum atomic E-state index is 11.3.